The largest absolute Gasteiger partial charge is 0.482 e. The molecule has 0 bridgehead atoms. The molecule has 1 heterocycles. The topological polar surface area (TPSA) is 102 Å². The number of ether oxygens (including phenoxy) is 1. The molecule has 0 aliphatic rings. The van der Waals surface area contributed by atoms with Crippen molar-refractivity contribution in [3.63, 3.8) is 0 Å². The van der Waals surface area contributed by atoms with Crippen LogP contribution in [-0.2, 0) is 28.4 Å². The van der Waals surface area contributed by atoms with Crippen LogP contribution in [0.1, 0.15) is 5.56 Å². The molecule has 0 aliphatic carbocycles. The van der Waals surface area contributed by atoms with Crippen LogP contribution in [0.2, 0.25) is 0 Å². The van der Waals surface area contributed by atoms with E-state index >= 15 is 0 Å². The highest BCUT2D eigenvalue weighted by Gasteiger charge is 2.23. The Bertz CT molecular complexity index is 783. The van der Waals surface area contributed by atoms with Crippen LogP contribution >= 0.6 is 0 Å². The van der Waals surface area contributed by atoms with E-state index in [0.717, 1.165) is 5.56 Å². The fourth-order valence-corrected chi connectivity index (χ4v) is 3.20. The predicted octanol–water partition coefficient (Wildman–Crippen LogP) is 0.704. The van der Waals surface area contributed by atoms with Crippen molar-refractivity contribution in [1.29, 1.82) is 0 Å². The molecule has 0 atom stereocenters. The summed E-state index contributed by atoms with van der Waals surface area (Å²) >= 11 is 0. The van der Waals surface area contributed by atoms with E-state index in [4.69, 9.17) is 9.84 Å². The van der Waals surface area contributed by atoms with E-state index < -0.39 is 22.6 Å². The molecule has 124 valence electrons. The van der Waals surface area contributed by atoms with E-state index in [0.29, 0.717) is 5.75 Å². The number of nitrogens with zero attached hydrogens (tertiary/aromatic N) is 3. The summed E-state index contributed by atoms with van der Waals surface area (Å²) in [4.78, 5) is 10.4. The monoisotopic (exact) mass is 339 g/mol. The molecule has 0 radical (unpaired) electrons. The van der Waals surface area contributed by atoms with Gasteiger partial charge >= 0.3 is 5.97 Å². The van der Waals surface area contributed by atoms with E-state index in [9.17, 15) is 13.2 Å². The van der Waals surface area contributed by atoms with Crippen LogP contribution in [-0.4, -0.2) is 47.2 Å². The number of carboxylic acids is 1. The molecule has 0 unspecified atom stereocenters. The summed E-state index contributed by atoms with van der Waals surface area (Å²) in [6, 6.07) is 8.01. The summed E-state index contributed by atoms with van der Waals surface area (Å²) in [6.07, 6.45) is 1.43. The Labute approximate surface area is 134 Å². The van der Waals surface area contributed by atoms with Gasteiger partial charge in [0, 0.05) is 20.6 Å². The van der Waals surface area contributed by atoms with Gasteiger partial charge in [0.15, 0.2) is 11.6 Å². The highest BCUT2D eigenvalue weighted by atomic mass is 32.2. The molecule has 0 spiro atoms. The lowest BCUT2D eigenvalue weighted by molar-refractivity contribution is -0.139. The number of aromatic nitrogens is 2. The standard InChI is InChI=1S/C14H17N3O5S/c1-16(23(20,21)13-7-8-15-17(13)2)9-11-3-5-12(6-4-11)22-10-14(18)19/h3-8H,9-10H2,1-2H3,(H,18,19). The molecular weight excluding hydrogens is 322 g/mol. The molecule has 1 aromatic carbocycles. The fraction of sp³-hybridized carbons (Fsp3) is 0.286. The first-order valence-corrected chi connectivity index (χ1v) is 8.12. The molecule has 8 nitrogen and oxygen atoms in total. The van der Waals surface area contributed by atoms with Gasteiger partial charge in [-0.3, -0.25) is 4.68 Å². The highest BCUT2D eigenvalue weighted by molar-refractivity contribution is 7.89. The third-order valence-corrected chi connectivity index (χ3v) is 5.02. The second-order valence-electron chi connectivity index (χ2n) is 4.88. The van der Waals surface area contributed by atoms with Crippen molar-refractivity contribution in [3.05, 3.63) is 42.1 Å². The van der Waals surface area contributed by atoms with Crippen molar-refractivity contribution in [1.82, 2.24) is 14.1 Å². The Balaban J connectivity index is 2.07. The van der Waals surface area contributed by atoms with Gasteiger partial charge in [-0.15, -0.1) is 0 Å². The maximum absolute atomic E-state index is 12.4. The van der Waals surface area contributed by atoms with Gasteiger partial charge in [0.25, 0.3) is 10.0 Å². The molecule has 0 fully saturated rings. The number of rotatable bonds is 7. The van der Waals surface area contributed by atoms with Crippen molar-refractivity contribution in [2.75, 3.05) is 13.7 Å². The molecule has 0 amide bonds. The lowest BCUT2D eigenvalue weighted by Gasteiger charge is -2.17. The van der Waals surface area contributed by atoms with Crippen LogP contribution in [0, 0.1) is 0 Å². The predicted molar refractivity (Wildman–Crippen MR) is 81.4 cm³/mol. The zero-order valence-electron chi connectivity index (χ0n) is 12.7. The lowest BCUT2D eigenvalue weighted by Crippen LogP contribution is -2.28. The van der Waals surface area contributed by atoms with E-state index in [2.05, 4.69) is 5.10 Å². The molecule has 0 aliphatic heterocycles. The normalized spacial score (nSPS) is 11.6. The Morgan fingerprint density at radius 1 is 1.30 bits per heavy atom. The van der Waals surface area contributed by atoms with Crippen LogP contribution in [0.4, 0.5) is 0 Å². The van der Waals surface area contributed by atoms with Crippen LogP contribution in [0.25, 0.3) is 0 Å². The number of aliphatic carboxylic acids is 1. The molecule has 9 heteroatoms. The minimum atomic E-state index is -3.63. The Hall–Kier alpha value is -2.39. The van der Waals surface area contributed by atoms with E-state index in [-0.39, 0.29) is 11.6 Å². The molecule has 1 N–H and O–H groups in total. The molecule has 2 aromatic rings. The zero-order chi connectivity index (χ0) is 17.0. The maximum Gasteiger partial charge on any atom is 0.341 e. The highest BCUT2D eigenvalue weighted by Crippen LogP contribution is 2.18. The average Bonchev–Trinajstić information content (AvgIpc) is 2.93. The number of sulfonamides is 1. The fourth-order valence-electron chi connectivity index (χ4n) is 1.95. The van der Waals surface area contributed by atoms with Crippen molar-refractivity contribution in [2.24, 2.45) is 7.05 Å². The first-order chi connectivity index (χ1) is 10.8. The third kappa shape index (κ3) is 4.08. The summed E-state index contributed by atoms with van der Waals surface area (Å²) in [6.45, 7) is -0.249. The average molecular weight is 339 g/mol. The molecule has 23 heavy (non-hydrogen) atoms. The third-order valence-electron chi connectivity index (χ3n) is 3.14. The Kier molecular flexibility index (Phi) is 5.02. The van der Waals surface area contributed by atoms with Gasteiger partial charge in [0.1, 0.15) is 5.75 Å². The van der Waals surface area contributed by atoms with E-state index in [1.807, 2.05) is 0 Å². The summed E-state index contributed by atoms with van der Waals surface area (Å²) in [5, 5.41) is 12.5. The Morgan fingerprint density at radius 2 is 1.96 bits per heavy atom. The SMILES string of the molecule is CN(Cc1ccc(OCC(=O)O)cc1)S(=O)(=O)c1ccnn1C. The van der Waals surface area contributed by atoms with Crippen LogP contribution in [0.5, 0.6) is 5.75 Å². The van der Waals surface area contributed by atoms with Crippen LogP contribution < -0.4 is 4.74 Å². The number of hydrogen-bond donors (Lipinski definition) is 1. The minimum absolute atomic E-state index is 0.112. The summed E-state index contributed by atoms with van der Waals surface area (Å²) < 4.78 is 32.4. The van der Waals surface area contributed by atoms with E-state index in [1.165, 1.54) is 28.3 Å². The molecule has 0 saturated heterocycles. The summed E-state index contributed by atoms with van der Waals surface area (Å²) in [7, 11) is -0.583. The summed E-state index contributed by atoms with van der Waals surface area (Å²) in [5.41, 5.74) is 0.751. The second kappa shape index (κ2) is 6.80. The van der Waals surface area contributed by atoms with Crippen molar-refractivity contribution < 1.29 is 23.1 Å². The first kappa shape index (κ1) is 17.0. The number of carboxylic acid groups (broad SMARTS) is 1. The lowest BCUT2D eigenvalue weighted by atomic mass is 10.2. The molecule has 1 aromatic heterocycles. The van der Waals surface area contributed by atoms with Gasteiger partial charge in [0.05, 0.1) is 6.20 Å². The minimum Gasteiger partial charge on any atom is -0.482 e. The van der Waals surface area contributed by atoms with Gasteiger partial charge in [-0.25, -0.2) is 13.2 Å². The zero-order valence-corrected chi connectivity index (χ0v) is 13.5. The smallest absolute Gasteiger partial charge is 0.341 e. The first-order valence-electron chi connectivity index (χ1n) is 6.68. The van der Waals surface area contributed by atoms with Gasteiger partial charge in [-0.05, 0) is 23.8 Å². The van der Waals surface area contributed by atoms with Crippen LogP contribution in [0.15, 0.2) is 41.6 Å². The van der Waals surface area contributed by atoms with Crippen molar-refractivity contribution in [3.8, 4) is 5.75 Å². The molecular formula is C14H17N3O5S. The molecule has 2 rings (SSSR count). The summed E-state index contributed by atoms with van der Waals surface area (Å²) in [5.74, 6) is -0.649. The van der Waals surface area contributed by atoms with Crippen molar-refractivity contribution in [2.45, 2.75) is 11.6 Å². The number of carbonyl (C=O) groups is 1. The van der Waals surface area contributed by atoms with Crippen molar-refractivity contribution >= 4 is 16.0 Å². The van der Waals surface area contributed by atoms with Gasteiger partial charge in [-0.2, -0.15) is 9.40 Å². The van der Waals surface area contributed by atoms with Gasteiger partial charge < -0.3 is 9.84 Å². The Morgan fingerprint density at radius 3 is 2.48 bits per heavy atom. The molecule has 0 saturated carbocycles. The van der Waals surface area contributed by atoms with E-state index in [1.54, 1.807) is 31.3 Å². The van der Waals surface area contributed by atoms with Gasteiger partial charge in [-0.1, -0.05) is 12.1 Å². The second-order valence-corrected chi connectivity index (χ2v) is 6.87. The quantitative estimate of drug-likeness (QED) is 0.797. The number of benzene rings is 1. The number of hydrogen-bond acceptors (Lipinski definition) is 5. The number of aryl methyl sites for hydroxylation is 1. The van der Waals surface area contributed by atoms with Gasteiger partial charge in [0.2, 0.25) is 0 Å². The maximum atomic E-state index is 12.4. The van der Waals surface area contributed by atoms with Crippen LogP contribution in [0.3, 0.4) is 0 Å².